The molecule has 0 fully saturated rings. The second-order valence-corrected chi connectivity index (χ2v) is 6.66. The first kappa shape index (κ1) is 15.7. The topological polar surface area (TPSA) is 80.2 Å². The van der Waals surface area contributed by atoms with Crippen LogP contribution in [-0.2, 0) is 0 Å². The van der Waals surface area contributed by atoms with Gasteiger partial charge in [0, 0.05) is 31.1 Å². The zero-order valence-corrected chi connectivity index (χ0v) is 13.6. The summed E-state index contributed by atoms with van der Waals surface area (Å²) < 4.78 is 1.46. The average Bonchev–Trinajstić information content (AvgIpc) is 2.77. The third kappa shape index (κ3) is 3.89. The predicted molar refractivity (Wildman–Crippen MR) is 87.0 cm³/mol. The highest BCUT2D eigenvalue weighted by molar-refractivity contribution is 7.99. The van der Waals surface area contributed by atoms with Gasteiger partial charge >= 0.3 is 0 Å². The van der Waals surface area contributed by atoms with Crippen LogP contribution >= 0.6 is 11.8 Å². The van der Waals surface area contributed by atoms with E-state index in [4.69, 9.17) is 5.84 Å². The molecule has 0 unspecified atom stereocenters. The number of nitrogens with two attached hydrogens (primary N) is 1. The first-order chi connectivity index (χ1) is 9.78. The van der Waals surface area contributed by atoms with E-state index >= 15 is 0 Å². The van der Waals surface area contributed by atoms with Crippen molar-refractivity contribution in [3.8, 4) is 11.4 Å². The lowest BCUT2D eigenvalue weighted by Crippen LogP contribution is -2.22. The van der Waals surface area contributed by atoms with Crippen molar-refractivity contribution >= 4 is 17.4 Å². The van der Waals surface area contributed by atoms with Gasteiger partial charge in [0.1, 0.15) is 0 Å². The van der Waals surface area contributed by atoms with E-state index in [1.54, 1.807) is 13.8 Å². The van der Waals surface area contributed by atoms with E-state index in [0.717, 1.165) is 11.3 Å². The number of hydrogen-bond acceptors (Lipinski definition) is 6. The molecule has 6 nitrogen and oxygen atoms in total. The molecule has 2 aromatic rings. The SMILES string of the molecule is CN(C)c1cccc(-c2nnc(SCC(C)(C)O)n2N)c1. The van der Waals surface area contributed by atoms with Crippen LogP contribution in [0.3, 0.4) is 0 Å². The number of nitrogen functional groups attached to an aromatic ring is 1. The van der Waals surface area contributed by atoms with Gasteiger partial charge in [-0.3, -0.25) is 0 Å². The first-order valence-electron chi connectivity index (χ1n) is 6.61. The third-order valence-corrected chi connectivity index (χ3v) is 4.23. The summed E-state index contributed by atoms with van der Waals surface area (Å²) in [5, 5.41) is 18.6. The lowest BCUT2D eigenvalue weighted by Gasteiger charge is -2.15. The van der Waals surface area contributed by atoms with Crippen LogP contribution in [0.5, 0.6) is 0 Å². The Morgan fingerprint density at radius 1 is 1.33 bits per heavy atom. The number of thioether (sulfide) groups is 1. The Morgan fingerprint density at radius 3 is 2.67 bits per heavy atom. The average molecular weight is 307 g/mol. The van der Waals surface area contributed by atoms with Crippen LogP contribution in [0.15, 0.2) is 29.4 Å². The van der Waals surface area contributed by atoms with Gasteiger partial charge in [0.2, 0.25) is 5.16 Å². The Balaban J connectivity index is 2.26. The van der Waals surface area contributed by atoms with Crippen molar-refractivity contribution in [2.45, 2.75) is 24.6 Å². The van der Waals surface area contributed by atoms with Crippen LogP contribution in [-0.4, -0.2) is 45.4 Å². The lowest BCUT2D eigenvalue weighted by molar-refractivity contribution is 0.107. The monoisotopic (exact) mass is 307 g/mol. The van der Waals surface area contributed by atoms with Crippen LogP contribution in [0.25, 0.3) is 11.4 Å². The van der Waals surface area contributed by atoms with Gasteiger partial charge in [-0.2, -0.15) is 0 Å². The number of aliphatic hydroxyl groups is 1. The molecular weight excluding hydrogens is 286 g/mol. The van der Waals surface area contributed by atoms with Gasteiger partial charge in [-0.15, -0.1) is 10.2 Å². The fourth-order valence-corrected chi connectivity index (χ4v) is 2.54. The molecule has 0 radical (unpaired) electrons. The van der Waals surface area contributed by atoms with Crippen LogP contribution in [0, 0.1) is 0 Å². The van der Waals surface area contributed by atoms with Gasteiger partial charge < -0.3 is 15.8 Å². The quantitative estimate of drug-likeness (QED) is 0.645. The number of hydrogen-bond donors (Lipinski definition) is 2. The molecule has 0 spiro atoms. The molecule has 1 heterocycles. The fourth-order valence-electron chi connectivity index (χ4n) is 1.74. The molecule has 0 aliphatic rings. The summed E-state index contributed by atoms with van der Waals surface area (Å²) in [6.45, 7) is 3.50. The summed E-state index contributed by atoms with van der Waals surface area (Å²) in [6, 6.07) is 7.94. The maximum absolute atomic E-state index is 9.77. The second kappa shape index (κ2) is 5.95. The highest BCUT2D eigenvalue weighted by Gasteiger charge is 2.18. The molecule has 21 heavy (non-hydrogen) atoms. The number of benzene rings is 1. The molecule has 1 aromatic heterocycles. The Bertz CT molecular complexity index is 618. The molecule has 114 valence electrons. The molecule has 3 N–H and O–H groups in total. The molecule has 0 saturated heterocycles. The zero-order valence-electron chi connectivity index (χ0n) is 12.7. The first-order valence-corrected chi connectivity index (χ1v) is 7.60. The van der Waals surface area contributed by atoms with Crippen LogP contribution < -0.4 is 10.7 Å². The van der Waals surface area contributed by atoms with Crippen molar-refractivity contribution in [2.24, 2.45) is 0 Å². The maximum atomic E-state index is 9.77. The normalized spacial score (nSPS) is 11.7. The van der Waals surface area contributed by atoms with Crippen molar-refractivity contribution in [2.75, 3.05) is 30.6 Å². The molecule has 7 heteroatoms. The lowest BCUT2D eigenvalue weighted by atomic mass is 10.2. The van der Waals surface area contributed by atoms with Crippen LogP contribution in [0.1, 0.15) is 13.8 Å². The Kier molecular flexibility index (Phi) is 4.43. The predicted octanol–water partition coefficient (Wildman–Crippen LogP) is 1.59. The van der Waals surface area contributed by atoms with Gasteiger partial charge in [0.25, 0.3) is 0 Å². The van der Waals surface area contributed by atoms with Crippen LogP contribution in [0.2, 0.25) is 0 Å². The molecule has 0 saturated carbocycles. The molecule has 0 aliphatic heterocycles. The highest BCUT2D eigenvalue weighted by Crippen LogP contribution is 2.26. The van der Waals surface area contributed by atoms with Gasteiger partial charge in [-0.25, -0.2) is 4.68 Å². The molecule has 1 aromatic carbocycles. The molecule has 0 atom stereocenters. The van der Waals surface area contributed by atoms with Crippen LogP contribution in [0.4, 0.5) is 5.69 Å². The minimum absolute atomic E-state index is 0.500. The van der Waals surface area contributed by atoms with E-state index < -0.39 is 5.60 Å². The Hall–Kier alpha value is -1.73. The largest absolute Gasteiger partial charge is 0.390 e. The van der Waals surface area contributed by atoms with Crippen molar-refractivity contribution in [1.29, 1.82) is 0 Å². The molecule has 2 rings (SSSR count). The fraction of sp³-hybridized carbons (Fsp3) is 0.429. The van der Waals surface area contributed by atoms with Gasteiger partial charge in [-0.1, -0.05) is 23.9 Å². The molecule has 0 aliphatic carbocycles. The second-order valence-electron chi connectivity index (χ2n) is 5.72. The molecule has 0 bridgehead atoms. The van der Waals surface area contributed by atoms with E-state index in [1.807, 2.05) is 43.3 Å². The van der Waals surface area contributed by atoms with Crippen molar-refractivity contribution in [3.05, 3.63) is 24.3 Å². The third-order valence-electron chi connectivity index (χ3n) is 2.84. The summed E-state index contributed by atoms with van der Waals surface area (Å²) in [5.41, 5.74) is 1.20. The summed E-state index contributed by atoms with van der Waals surface area (Å²) in [6.07, 6.45) is 0. The number of anilines is 1. The standard InChI is InChI=1S/C14H21N5OS/c1-14(2,20)9-21-13-17-16-12(19(13)15)10-6-5-7-11(8-10)18(3)4/h5-8,20H,9,15H2,1-4H3. The number of rotatable bonds is 5. The summed E-state index contributed by atoms with van der Waals surface area (Å²) >= 11 is 1.38. The van der Waals surface area contributed by atoms with Crippen molar-refractivity contribution < 1.29 is 5.11 Å². The van der Waals surface area contributed by atoms with E-state index in [9.17, 15) is 5.11 Å². The maximum Gasteiger partial charge on any atom is 0.210 e. The molecule has 0 amide bonds. The number of nitrogens with zero attached hydrogens (tertiary/aromatic N) is 4. The Labute approximate surface area is 128 Å². The van der Waals surface area contributed by atoms with Crippen molar-refractivity contribution in [3.63, 3.8) is 0 Å². The van der Waals surface area contributed by atoms with E-state index in [0.29, 0.717) is 16.7 Å². The minimum atomic E-state index is -0.776. The van der Waals surface area contributed by atoms with E-state index in [1.165, 1.54) is 16.4 Å². The van der Waals surface area contributed by atoms with E-state index in [-0.39, 0.29) is 0 Å². The summed E-state index contributed by atoms with van der Waals surface area (Å²) in [5.74, 6) is 7.17. The van der Waals surface area contributed by atoms with E-state index in [2.05, 4.69) is 10.2 Å². The minimum Gasteiger partial charge on any atom is -0.390 e. The molecular formula is C14H21N5OS. The zero-order chi connectivity index (χ0) is 15.6. The smallest absolute Gasteiger partial charge is 0.210 e. The summed E-state index contributed by atoms with van der Waals surface area (Å²) in [4.78, 5) is 2.02. The van der Waals surface area contributed by atoms with Crippen molar-refractivity contribution in [1.82, 2.24) is 14.9 Å². The van der Waals surface area contributed by atoms with Gasteiger partial charge in [0.05, 0.1) is 5.60 Å². The Morgan fingerprint density at radius 2 is 2.05 bits per heavy atom. The van der Waals surface area contributed by atoms with Gasteiger partial charge in [0.15, 0.2) is 5.82 Å². The van der Waals surface area contributed by atoms with Gasteiger partial charge in [-0.05, 0) is 26.0 Å². The highest BCUT2D eigenvalue weighted by atomic mass is 32.2. The number of aromatic nitrogens is 3. The summed E-state index contributed by atoms with van der Waals surface area (Å²) in [7, 11) is 3.97.